The zero-order valence-corrected chi connectivity index (χ0v) is 22.3. The van der Waals surface area contributed by atoms with E-state index in [0.29, 0.717) is 20.8 Å². The van der Waals surface area contributed by atoms with Gasteiger partial charge < -0.3 is 5.11 Å². The third-order valence-electron chi connectivity index (χ3n) is 5.99. The first-order chi connectivity index (χ1) is 17.3. The maximum Gasteiger partial charge on any atom is 0.301 e. The Morgan fingerprint density at radius 2 is 1.78 bits per heavy atom. The summed E-state index contributed by atoms with van der Waals surface area (Å²) >= 11 is 4.22. The molecule has 5 rings (SSSR count). The minimum Gasteiger partial charge on any atom is -0.507 e. The number of amides is 1. The van der Waals surface area contributed by atoms with Crippen molar-refractivity contribution in [3.05, 3.63) is 98.2 Å². The van der Waals surface area contributed by atoms with Crippen LogP contribution in [0, 0.1) is 20.8 Å². The number of benzene rings is 2. The number of hydrogen-bond acceptors (Lipinski definition) is 8. The van der Waals surface area contributed by atoms with Crippen molar-refractivity contribution in [2.75, 3.05) is 4.90 Å². The van der Waals surface area contributed by atoms with Crippen molar-refractivity contribution in [1.29, 1.82) is 0 Å². The molecule has 0 radical (unpaired) electrons. The van der Waals surface area contributed by atoms with E-state index in [1.807, 2.05) is 56.5 Å². The first-order valence-corrected chi connectivity index (χ1v) is 14.0. The number of aryl methyl sites for hydroxylation is 3. The lowest BCUT2D eigenvalue weighted by molar-refractivity contribution is -0.132. The molecule has 0 aliphatic carbocycles. The molecule has 36 heavy (non-hydrogen) atoms. The summed E-state index contributed by atoms with van der Waals surface area (Å²) in [5.41, 5.74) is 4.74. The minimum absolute atomic E-state index is 0.0696. The van der Waals surface area contributed by atoms with Crippen molar-refractivity contribution < 1.29 is 14.7 Å². The summed E-state index contributed by atoms with van der Waals surface area (Å²) in [5, 5.41) is 22.1. The van der Waals surface area contributed by atoms with Crippen molar-refractivity contribution in [1.82, 2.24) is 10.2 Å². The van der Waals surface area contributed by atoms with Crippen molar-refractivity contribution in [3.8, 4) is 0 Å². The molecule has 6 nitrogen and oxygen atoms in total. The molecule has 9 heteroatoms. The lowest BCUT2D eigenvalue weighted by Crippen LogP contribution is -2.29. The summed E-state index contributed by atoms with van der Waals surface area (Å²) in [4.78, 5) is 28.7. The second kappa shape index (κ2) is 10.0. The van der Waals surface area contributed by atoms with Crippen molar-refractivity contribution >= 4 is 57.0 Å². The largest absolute Gasteiger partial charge is 0.507 e. The third-order valence-corrected chi connectivity index (χ3v) is 9.04. The Kier molecular flexibility index (Phi) is 6.79. The first-order valence-electron chi connectivity index (χ1n) is 11.3. The standard InChI is InChI=1S/C27H23N3O3S3/c1-15-7-10-18(11-8-15)14-35-27-29-28-26(36-27)30-22(20-5-4-12-34-20)21(24(32)25(30)33)23(31)19-13-16(2)6-9-17(19)3/h4-13,22,31H,14H2,1-3H3/b23-21+. The maximum absolute atomic E-state index is 13.3. The third kappa shape index (κ3) is 4.61. The van der Waals surface area contributed by atoms with E-state index in [9.17, 15) is 14.7 Å². The fourth-order valence-corrected chi connectivity index (χ4v) is 6.72. The van der Waals surface area contributed by atoms with Crippen LogP contribution in [0.25, 0.3) is 5.76 Å². The van der Waals surface area contributed by atoms with Gasteiger partial charge >= 0.3 is 5.91 Å². The fourth-order valence-electron chi connectivity index (χ4n) is 4.07. The van der Waals surface area contributed by atoms with Crippen LogP contribution in [0.5, 0.6) is 0 Å². The summed E-state index contributed by atoms with van der Waals surface area (Å²) in [5.74, 6) is -0.898. The normalized spacial score (nSPS) is 17.2. The van der Waals surface area contributed by atoms with E-state index in [2.05, 4.69) is 34.5 Å². The Labute approximate surface area is 221 Å². The number of rotatable bonds is 6. The highest BCUT2D eigenvalue weighted by Gasteiger charge is 2.49. The minimum atomic E-state index is -0.771. The molecule has 3 heterocycles. The lowest BCUT2D eigenvalue weighted by Gasteiger charge is -2.21. The van der Waals surface area contributed by atoms with Gasteiger partial charge in [-0.1, -0.05) is 76.7 Å². The van der Waals surface area contributed by atoms with Crippen molar-refractivity contribution in [2.45, 2.75) is 36.9 Å². The van der Waals surface area contributed by atoms with E-state index in [4.69, 9.17) is 0 Å². The van der Waals surface area contributed by atoms with Gasteiger partial charge in [0.2, 0.25) is 5.13 Å². The second-order valence-electron chi connectivity index (χ2n) is 8.63. The van der Waals surface area contributed by atoms with E-state index in [0.717, 1.165) is 21.6 Å². The molecule has 1 unspecified atom stereocenters. The van der Waals surface area contributed by atoms with Crippen LogP contribution in [0.4, 0.5) is 5.13 Å². The van der Waals surface area contributed by atoms with E-state index in [-0.39, 0.29) is 11.3 Å². The zero-order valence-electron chi connectivity index (χ0n) is 19.9. The smallest absolute Gasteiger partial charge is 0.301 e. The molecule has 0 saturated carbocycles. The van der Waals surface area contributed by atoms with Crippen LogP contribution < -0.4 is 4.90 Å². The van der Waals surface area contributed by atoms with Gasteiger partial charge in [-0.25, -0.2) is 0 Å². The number of Topliss-reactive ketones (excluding diaryl/α,β-unsaturated/α-hetero) is 1. The Balaban J connectivity index is 1.52. The molecule has 0 bridgehead atoms. The Morgan fingerprint density at radius 1 is 1.03 bits per heavy atom. The quantitative estimate of drug-likeness (QED) is 0.101. The van der Waals surface area contributed by atoms with E-state index in [1.165, 1.54) is 44.9 Å². The summed E-state index contributed by atoms with van der Waals surface area (Å²) < 4.78 is 0.701. The summed E-state index contributed by atoms with van der Waals surface area (Å²) in [6.45, 7) is 5.84. The Morgan fingerprint density at radius 3 is 2.50 bits per heavy atom. The average molecular weight is 534 g/mol. The number of carbonyl (C=O) groups is 2. The molecule has 1 atom stereocenters. The molecule has 1 amide bonds. The molecule has 1 aliphatic rings. The van der Waals surface area contributed by atoms with Gasteiger partial charge in [0.05, 0.1) is 5.57 Å². The number of thioether (sulfide) groups is 1. The highest BCUT2D eigenvalue weighted by molar-refractivity contribution is 8.00. The second-order valence-corrected chi connectivity index (χ2v) is 11.8. The number of aliphatic hydroxyl groups is 1. The van der Waals surface area contributed by atoms with Crippen LogP contribution in [0.1, 0.15) is 38.7 Å². The monoisotopic (exact) mass is 533 g/mol. The number of hydrogen-bond donors (Lipinski definition) is 1. The summed E-state index contributed by atoms with van der Waals surface area (Å²) in [7, 11) is 0. The highest BCUT2D eigenvalue weighted by Crippen LogP contribution is 2.45. The van der Waals surface area contributed by atoms with Gasteiger partial charge in [0.25, 0.3) is 5.78 Å². The summed E-state index contributed by atoms with van der Waals surface area (Å²) in [6, 6.07) is 16.9. The molecule has 2 aromatic heterocycles. The average Bonchev–Trinajstić information content (AvgIpc) is 3.61. The molecule has 1 aliphatic heterocycles. The predicted molar refractivity (Wildman–Crippen MR) is 146 cm³/mol. The topological polar surface area (TPSA) is 83.4 Å². The molecule has 182 valence electrons. The number of carbonyl (C=O) groups excluding carboxylic acids is 2. The lowest BCUT2D eigenvalue weighted by atomic mass is 9.96. The predicted octanol–water partition coefficient (Wildman–Crippen LogP) is 6.44. The van der Waals surface area contributed by atoms with Crippen LogP contribution in [0.15, 0.2) is 69.9 Å². The van der Waals surface area contributed by atoms with Gasteiger partial charge in [0.1, 0.15) is 11.8 Å². The molecule has 0 spiro atoms. The molecule has 4 aromatic rings. The Bertz CT molecular complexity index is 1470. The number of aromatic nitrogens is 2. The van der Waals surface area contributed by atoms with Crippen LogP contribution >= 0.6 is 34.4 Å². The van der Waals surface area contributed by atoms with Gasteiger partial charge in [-0.05, 0) is 49.4 Å². The molecular weight excluding hydrogens is 511 g/mol. The van der Waals surface area contributed by atoms with Gasteiger partial charge in [-0.15, -0.1) is 21.5 Å². The van der Waals surface area contributed by atoms with E-state index >= 15 is 0 Å². The zero-order chi connectivity index (χ0) is 25.4. The van der Waals surface area contributed by atoms with Crippen molar-refractivity contribution in [2.24, 2.45) is 0 Å². The van der Waals surface area contributed by atoms with Crippen LogP contribution in [0.2, 0.25) is 0 Å². The fraction of sp³-hybridized carbons (Fsp3) is 0.185. The van der Waals surface area contributed by atoms with E-state index < -0.39 is 17.7 Å². The SMILES string of the molecule is Cc1ccc(CSc2nnc(N3C(=O)C(=O)/C(=C(/O)c4cc(C)ccc4C)C3c3cccs3)s2)cc1. The molecule has 2 aromatic carbocycles. The van der Waals surface area contributed by atoms with E-state index in [1.54, 1.807) is 0 Å². The molecular formula is C27H23N3O3S3. The molecule has 1 fully saturated rings. The number of thiophene rings is 1. The van der Waals surface area contributed by atoms with Crippen LogP contribution in [0.3, 0.4) is 0 Å². The van der Waals surface area contributed by atoms with Crippen LogP contribution in [-0.4, -0.2) is 27.0 Å². The molecule has 1 N–H and O–H groups in total. The first kappa shape index (κ1) is 24.4. The van der Waals surface area contributed by atoms with Crippen molar-refractivity contribution in [3.63, 3.8) is 0 Å². The number of anilines is 1. The number of nitrogens with zero attached hydrogens (tertiary/aromatic N) is 3. The summed E-state index contributed by atoms with van der Waals surface area (Å²) in [6.07, 6.45) is 0. The Hall–Kier alpha value is -3.27. The maximum atomic E-state index is 13.3. The highest BCUT2D eigenvalue weighted by atomic mass is 32.2. The number of ketones is 1. The van der Waals surface area contributed by atoms with Gasteiger partial charge in [-0.3, -0.25) is 14.5 Å². The number of aliphatic hydroxyl groups excluding tert-OH is 1. The van der Waals surface area contributed by atoms with Crippen LogP contribution in [-0.2, 0) is 15.3 Å². The van der Waals surface area contributed by atoms with Gasteiger partial charge in [-0.2, -0.15) is 0 Å². The molecule has 1 saturated heterocycles. The van der Waals surface area contributed by atoms with Gasteiger partial charge in [0, 0.05) is 16.2 Å². The van der Waals surface area contributed by atoms with Gasteiger partial charge in [0.15, 0.2) is 4.34 Å².